The maximum atomic E-state index is 12.4. The van der Waals surface area contributed by atoms with Gasteiger partial charge in [0, 0.05) is 30.1 Å². The predicted molar refractivity (Wildman–Crippen MR) is 80.9 cm³/mol. The van der Waals surface area contributed by atoms with Gasteiger partial charge in [-0.25, -0.2) is 0 Å². The van der Waals surface area contributed by atoms with Crippen molar-refractivity contribution >= 4 is 18.5 Å². The van der Waals surface area contributed by atoms with Crippen LogP contribution >= 0.6 is 12.6 Å². The molecule has 0 bridgehead atoms. The Morgan fingerprint density at radius 2 is 2.32 bits per heavy atom. The maximum absolute atomic E-state index is 12.4. The van der Waals surface area contributed by atoms with Gasteiger partial charge in [0.25, 0.3) is 5.91 Å². The van der Waals surface area contributed by atoms with Gasteiger partial charge in [-0.1, -0.05) is 13.0 Å². The van der Waals surface area contributed by atoms with Crippen molar-refractivity contribution in [3.63, 3.8) is 0 Å². The molecule has 1 aliphatic heterocycles. The van der Waals surface area contributed by atoms with Crippen molar-refractivity contribution in [1.29, 1.82) is 0 Å². The van der Waals surface area contributed by atoms with Crippen molar-refractivity contribution in [2.75, 3.05) is 26.7 Å². The van der Waals surface area contributed by atoms with Gasteiger partial charge >= 0.3 is 0 Å². The Balaban J connectivity index is 1.99. The van der Waals surface area contributed by atoms with Crippen molar-refractivity contribution in [3.8, 4) is 0 Å². The molecule has 1 atom stereocenters. The Bertz CT molecular complexity index is 450. The van der Waals surface area contributed by atoms with Crippen LogP contribution in [0.1, 0.15) is 30.1 Å². The molecule has 1 aromatic carbocycles. The maximum Gasteiger partial charge on any atom is 0.253 e. The summed E-state index contributed by atoms with van der Waals surface area (Å²) in [6, 6.07) is 7.95. The highest BCUT2D eigenvalue weighted by atomic mass is 32.1. The fourth-order valence-corrected chi connectivity index (χ4v) is 3.00. The fraction of sp³-hybridized carbons (Fsp3) is 0.533. The number of nitrogens with zero attached hydrogens (tertiary/aromatic N) is 2. The van der Waals surface area contributed by atoms with Gasteiger partial charge in [-0.2, -0.15) is 0 Å². The smallest absolute Gasteiger partial charge is 0.253 e. The van der Waals surface area contributed by atoms with E-state index in [4.69, 9.17) is 0 Å². The van der Waals surface area contributed by atoms with Crippen LogP contribution in [0.15, 0.2) is 29.2 Å². The fourth-order valence-electron chi connectivity index (χ4n) is 2.78. The molecule has 4 heteroatoms. The lowest BCUT2D eigenvalue weighted by Gasteiger charge is -2.27. The van der Waals surface area contributed by atoms with Crippen LogP contribution in [0.25, 0.3) is 0 Å². The van der Waals surface area contributed by atoms with E-state index in [1.54, 1.807) is 0 Å². The number of amides is 1. The van der Waals surface area contributed by atoms with Gasteiger partial charge in [-0.15, -0.1) is 12.6 Å². The normalized spacial score (nSPS) is 19.6. The predicted octanol–water partition coefficient (Wildman–Crippen LogP) is 2.53. The molecule has 2 rings (SSSR count). The lowest BCUT2D eigenvalue weighted by atomic mass is 10.1. The Morgan fingerprint density at radius 1 is 1.53 bits per heavy atom. The Kier molecular flexibility index (Phi) is 4.88. The minimum atomic E-state index is 0.0823. The Labute approximate surface area is 121 Å². The van der Waals surface area contributed by atoms with Gasteiger partial charge in [0.15, 0.2) is 0 Å². The molecule has 1 saturated heterocycles. The molecule has 1 amide bonds. The summed E-state index contributed by atoms with van der Waals surface area (Å²) in [5, 5.41) is 0. The number of likely N-dealkylation sites (tertiary alicyclic amines) is 1. The summed E-state index contributed by atoms with van der Waals surface area (Å²) in [6.07, 6.45) is 2.44. The zero-order valence-electron chi connectivity index (χ0n) is 11.7. The second-order valence-electron chi connectivity index (χ2n) is 5.16. The first kappa shape index (κ1) is 14.4. The van der Waals surface area contributed by atoms with Crippen molar-refractivity contribution < 1.29 is 4.79 Å². The van der Waals surface area contributed by atoms with Gasteiger partial charge in [0.1, 0.15) is 0 Å². The minimum Gasteiger partial charge on any atom is -0.340 e. The lowest BCUT2D eigenvalue weighted by molar-refractivity contribution is 0.0754. The van der Waals surface area contributed by atoms with Crippen LogP contribution in [0.5, 0.6) is 0 Å². The monoisotopic (exact) mass is 278 g/mol. The number of rotatable bonds is 4. The molecule has 0 aromatic heterocycles. The third-order valence-electron chi connectivity index (χ3n) is 3.83. The third kappa shape index (κ3) is 3.51. The number of thiol groups is 1. The summed E-state index contributed by atoms with van der Waals surface area (Å²) >= 11 is 4.28. The average Bonchev–Trinajstić information content (AvgIpc) is 2.85. The second kappa shape index (κ2) is 6.44. The Morgan fingerprint density at radius 3 is 3.00 bits per heavy atom. The summed E-state index contributed by atoms with van der Waals surface area (Å²) in [4.78, 5) is 17.5. The molecule has 0 radical (unpaired) electrons. The van der Waals surface area contributed by atoms with Gasteiger partial charge in [-0.3, -0.25) is 9.69 Å². The average molecular weight is 278 g/mol. The summed E-state index contributed by atoms with van der Waals surface area (Å²) < 4.78 is 0. The van der Waals surface area contributed by atoms with Crippen LogP contribution in [0.3, 0.4) is 0 Å². The highest BCUT2D eigenvalue weighted by molar-refractivity contribution is 7.80. The van der Waals surface area contributed by atoms with Gasteiger partial charge in [0.2, 0.25) is 0 Å². The van der Waals surface area contributed by atoms with Crippen LogP contribution < -0.4 is 0 Å². The first-order valence-corrected chi connectivity index (χ1v) is 7.35. The molecule has 104 valence electrons. The molecule has 1 aromatic rings. The summed E-state index contributed by atoms with van der Waals surface area (Å²) in [5.41, 5.74) is 0.719. The molecule has 3 nitrogen and oxygen atoms in total. The molecule has 1 aliphatic rings. The number of benzene rings is 1. The van der Waals surface area contributed by atoms with Crippen LogP contribution in [0.2, 0.25) is 0 Å². The Hall–Kier alpha value is -1.00. The van der Waals surface area contributed by atoms with Crippen molar-refractivity contribution in [3.05, 3.63) is 29.8 Å². The lowest BCUT2D eigenvalue weighted by Crippen LogP contribution is -2.41. The van der Waals surface area contributed by atoms with E-state index < -0.39 is 0 Å². The standard InChI is InChI=1S/C15H22N2OS/c1-3-17-9-5-7-13(17)11-16(2)15(18)12-6-4-8-14(19)10-12/h4,6,8,10,13,19H,3,5,7,9,11H2,1-2H3. The van der Waals surface area contributed by atoms with E-state index in [2.05, 4.69) is 24.5 Å². The molecule has 1 heterocycles. The van der Waals surface area contributed by atoms with Gasteiger partial charge in [0.05, 0.1) is 0 Å². The first-order valence-electron chi connectivity index (χ1n) is 6.90. The molecular weight excluding hydrogens is 256 g/mol. The largest absolute Gasteiger partial charge is 0.340 e. The molecule has 1 unspecified atom stereocenters. The molecule has 0 aliphatic carbocycles. The number of likely N-dealkylation sites (N-methyl/N-ethyl adjacent to an activating group) is 2. The van der Waals surface area contributed by atoms with Crippen molar-refractivity contribution in [2.45, 2.75) is 30.7 Å². The van der Waals surface area contributed by atoms with Crippen LogP contribution in [-0.4, -0.2) is 48.4 Å². The van der Waals surface area contributed by atoms with E-state index in [0.29, 0.717) is 6.04 Å². The van der Waals surface area contributed by atoms with E-state index in [1.165, 1.54) is 12.8 Å². The topological polar surface area (TPSA) is 23.6 Å². The molecule has 0 saturated carbocycles. The number of hydrogen-bond acceptors (Lipinski definition) is 3. The van der Waals surface area contributed by atoms with Crippen LogP contribution in [0.4, 0.5) is 0 Å². The SMILES string of the molecule is CCN1CCCC1CN(C)C(=O)c1cccc(S)c1. The van der Waals surface area contributed by atoms with E-state index in [1.807, 2.05) is 36.2 Å². The van der Waals surface area contributed by atoms with Crippen molar-refractivity contribution in [1.82, 2.24) is 9.80 Å². The number of carbonyl (C=O) groups is 1. The molecule has 0 N–H and O–H groups in total. The van der Waals surface area contributed by atoms with Gasteiger partial charge in [-0.05, 0) is 44.1 Å². The van der Waals surface area contributed by atoms with Crippen molar-refractivity contribution in [2.24, 2.45) is 0 Å². The van der Waals surface area contributed by atoms with E-state index in [9.17, 15) is 4.79 Å². The van der Waals surface area contributed by atoms with Crippen LogP contribution in [0, 0.1) is 0 Å². The zero-order valence-corrected chi connectivity index (χ0v) is 12.6. The third-order valence-corrected chi connectivity index (χ3v) is 4.11. The first-order chi connectivity index (χ1) is 9.11. The summed E-state index contributed by atoms with van der Waals surface area (Å²) in [6.45, 7) is 5.22. The summed E-state index contributed by atoms with van der Waals surface area (Å²) in [7, 11) is 1.89. The molecule has 0 spiro atoms. The van der Waals surface area contributed by atoms with Gasteiger partial charge < -0.3 is 4.90 Å². The molecule has 19 heavy (non-hydrogen) atoms. The minimum absolute atomic E-state index is 0.0823. The van der Waals surface area contributed by atoms with E-state index in [0.717, 1.165) is 30.1 Å². The number of hydrogen-bond donors (Lipinski definition) is 1. The summed E-state index contributed by atoms with van der Waals surface area (Å²) in [5.74, 6) is 0.0823. The van der Waals surface area contributed by atoms with E-state index >= 15 is 0 Å². The highest BCUT2D eigenvalue weighted by Gasteiger charge is 2.25. The quantitative estimate of drug-likeness (QED) is 0.856. The molecular formula is C15H22N2OS. The molecule has 1 fully saturated rings. The van der Waals surface area contributed by atoms with E-state index in [-0.39, 0.29) is 5.91 Å². The highest BCUT2D eigenvalue weighted by Crippen LogP contribution is 2.18. The van der Waals surface area contributed by atoms with Crippen LogP contribution in [-0.2, 0) is 0 Å². The zero-order chi connectivity index (χ0) is 13.8. The number of carbonyl (C=O) groups excluding carboxylic acids is 1. The second-order valence-corrected chi connectivity index (χ2v) is 5.68.